The number of hydrogen-bond donors (Lipinski definition) is 2. The molecular formula is C12H24N2O3. The van der Waals surface area contributed by atoms with Gasteiger partial charge in [0.2, 0.25) is 0 Å². The molecule has 1 aliphatic heterocycles. The molecule has 1 aliphatic rings. The molecule has 0 aliphatic carbocycles. The number of carbonyl (C=O) groups excluding carboxylic acids is 1. The number of nitrogens with one attached hydrogen (secondary N) is 2. The summed E-state index contributed by atoms with van der Waals surface area (Å²) in [4.78, 5) is 11.8. The van der Waals surface area contributed by atoms with E-state index in [0.717, 1.165) is 25.9 Å². The van der Waals surface area contributed by atoms with Gasteiger partial charge < -0.3 is 20.1 Å². The van der Waals surface area contributed by atoms with Crippen LogP contribution in [0.2, 0.25) is 0 Å². The lowest BCUT2D eigenvalue weighted by Crippen LogP contribution is -2.52. The van der Waals surface area contributed by atoms with E-state index in [9.17, 15) is 4.79 Å². The molecule has 0 unspecified atom stereocenters. The van der Waals surface area contributed by atoms with Crippen LogP contribution in [0.3, 0.4) is 0 Å². The minimum Gasteiger partial charge on any atom is -0.440 e. The number of carbonyl (C=O) groups is 1. The zero-order chi connectivity index (χ0) is 12.9. The van der Waals surface area contributed by atoms with E-state index in [1.807, 2.05) is 20.8 Å². The summed E-state index contributed by atoms with van der Waals surface area (Å²) in [6.45, 7) is 7.95. The molecule has 0 radical (unpaired) electrons. The van der Waals surface area contributed by atoms with Crippen molar-refractivity contribution in [1.29, 1.82) is 0 Å². The molecule has 0 spiro atoms. The van der Waals surface area contributed by atoms with Crippen molar-refractivity contribution in [3.63, 3.8) is 0 Å². The lowest BCUT2D eigenvalue weighted by Gasteiger charge is -2.37. The molecule has 0 saturated carbocycles. The first-order chi connectivity index (χ1) is 7.87. The average molecular weight is 244 g/mol. The zero-order valence-electron chi connectivity index (χ0n) is 11.3. The molecular weight excluding hydrogens is 220 g/mol. The highest BCUT2D eigenvalue weighted by Gasteiger charge is 2.36. The predicted octanol–water partition coefficient (Wildman–Crippen LogP) is 1.28. The van der Waals surface area contributed by atoms with Crippen molar-refractivity contribution in [1.82, 2.24) is 10.6 Å². The van der Waals surface area contributed by atoms with Crippen LogP contribution in [0.25, 0.3) is 0 Å². The molecule has 1 heterocycles. The van der Waals surface area contributed by atoms with Gasteiger partial charge in [-0.15, -0.1) is 0 Å². The van der Waals surface area contributed by atoms with E-state index in [-0.39, 0.29) is 11.6 Å². The summed E-state index contributed by atoms with van der Waals surface area (Å²) >= 11 is 0. The van der Waals surface area contributed by atoms with Gasteiger partial charge in [0, 0.05) is 25.5 Å². The standard InChI is InChI=1S/C12H24N2O3/c1-11(2,3)14-10(15)17-12(9-16-4)5-7-13-8-6-12/h13H,5-9H2,1-4H3,(H,14,15). The quantitative estimate of drug-likeness (QED) is 0.785. The van der Waals surface area contributed by atoms with Gasteiger partial charge in [-0.1, -0.05) is 0 Å². The van der Waals surface area contributed by atoms with Crippen LogP contribution in [0.15, 0.2) is 0 Å². The Labute approximate surface area is 103 Å². The zero-order valence-corrected chi connectivity index (χ0v) is 11.3. The molecule has 0 bridgehead atoms. The molecule has 17 heavy (non-hydrogen) atoms. The Balaban J connectivity index is 2.57. The number of hydrogen-bond acceptors (Lipinski definition) is 4. The Morgan fingerprint density at radius 2 is 1.94 bits per heavy atom. The lowest BCUT2D eigenvalue weighted by molar-refractivity contribution is -0.0625. The molecule has 1 fully saturated rings. The minimum atomic E-state index is -0.477. The van der Waals surface area contributed by atoms with Crippen LogP contribution in [-0.4, -0.2) is 44.0 Å². The maximum absolute atomic E-state index is 11.8. The highest BCUT2D eigenvalue weighted by Crippen LogP contribution is 2.24. The van der Waals surface area contributed by atoms with Gasteiger partial charge in [0.15, 0.2) is 0 Å². The van der Waals surface area contributed by atoms with Crippen LogP contribution in [0.4, 0.5) is 4.79 Å². The maximum atomic E-state index is 11.8. The third-order valence-corrected chi connectivity index (χ3v) is 2.71. The monoisotopic (exact) mass is 244 g/mol. The van der Waals surface area contributed by atoms with Crippen LogP contribution >= 0.6 is 0 Å². The van der Waals surface area contributed by atoms with Crippen LogP contribution in [0, 0.1) is 0 Å². The molecule has 2 N–H and O–H groups in total. The summed E-state index contributed by atoms with van der Waals surface area (Å²) in [6.07, 6.45) is 1.22. The average Bonchev–Trinajstić information content (AvgIpc) is 2.15. The first-order valence-electron chi connectivity index (χ1n) is 6.08. The van der Waals surface area contributed by atoms with Crippen molar-refractivity contribution in [2.75, 3.05) is 26.8 Å². The third-order valence-electron chi connectivity index (χ3n) is 2.71. The number of ether oxygens (including phenoxy) is 2. The lowest BCUT2D eigenvalue weighted by atomic mass is 9.93. The largest absolute Gasteiger partial charge is 0.440 e. The fraction of sp³-hybridized carbons (Fsp3) is 0.917. The van der Waals surface area contributed by atoms with E-state index in [1.165, 1.54) is 0 Å². The summed E-state index contributed by atoms with van der Waals surface area (Å²) in [5.41, 5.74) is -0.756. The second-order valence-electron chi connectivity index (χ2n) is 5.63. The number of methoxy groups -OCH3 is 1. The van der Waals surface area contributed by atoms with E-state index < -0.39 is 5.60 Å². The van der Waals surface area contributed by atoms with Gasteiger partial charge in [0.1, 0.15) is 5.60 Å². The topological polar surface area (TPSA) is 59.6 Å². The molecule has 5 heteroatoms. The summed E-state index contributed by atoms with van der Waals surface area (Å²) in [5.74, 6) is 0. The number of alkyl carbamates (subject to hydrolysis) is 1. The Kier molecular flexibility index (Phi) is 4.77. The predicted molar refractivity (Wildman–Crippen MR) is 66.1 cm³/mol. The van der Waals surface area contributed by atoms with Crippen molar-refractivity contribution in [3.05, 3.63) is 0 Å². The van der Waals surface area contributed by atoms with Gasteiger partial charge >= 0.3 is 6.09 Å². The summed E-state index contributed by atoms with van der Waals surface area (Å²) < 4.78 is 10.8. The number of amides is 1. The molecule has 1 amide bonds. The molecule has 0 aromatic heterocycles. The van der Waals surface area contributed by atoms with Gasteiger partial charge in [-0.05, 0) is 33.9 Å². The van der Waals surface area contributed by atoms with Crippen LogP contribution in [0.1, 0.15) is 33.6 Å². The molecule has 0 atom stereocenters. The van der Waals surface area contributed by atoms with E-state index >= 15 is 0 Å². The number of piperidine rings is 1. The Hall–Kier alpha value is -0.810. The normalized spacial score (nSPS) is 19.8. The molecule has 5 nitrogen and oxygen atoms in total. The SMILES string of the molecule is COCC1(OC(=O)NC(C)(C)C)CCNCC1. The number of rotatable bonds is 3. The third kappa shape index (κ3) is 4.91. The van der Waals surface area contributed by atoms with E-state index in [0.29, 0.717) is 6.61 Å². The Bertz CT molecular complexity index is 249. The fourth-order valence-corrected chi connectivity index (χ4v) is 1.95. The second-order valence-corrected chi connectivity index (χ2v) is 5.63. The summed E-state index contributed by atoms with van der Waals surface area (Å²) in [7, 11) is 1.63. The van der Waals surface area contributed by atoms with Gasteiger partial charge in [0.05, 0.1) is 6.61 Å². The highest BCUT2D eigenvalue weighted by molar-refractivity contribution is 5.68. The van der Waals surface area contributed by atoms with E-state index in [4.69, 9.17) is 9.47 Å². The first-order valence-corrected chi connectivity index (χ1v) is 6.08. The molecule has 100 valence electrons. The van der Waals surface area contributed by atoms with E-state index in [1.54, 1.807) is 7.11 Å². The van der Waals surface area contributed by atoms with Gasteiger partial charge in [-0.25, -0.2) is 4.79 Å². The van der Waals surface area contributed by atoms with Gasteiger partial charge in [-0.3, -0.25) is 0 Å². The summed E-state index contributed by atoms with van der Waals surface area (Å²) in [5, 5.41) is 6.06. The molecule has 1 saturated heterocycles. The minimum absolute atomic E-state index is 0.280. The maximum Gasteiger partial charge on any atom is 0.408 e. The van der Waals surface area contributed by atoms with Crippen molar-refractivity contribution >= 4 is 6.09 Å². The molecule has 0 aromatic carbocycles. The van der Waals surface area contributed by atoms with Gasteiger partial charge in [-0.2, -0.15) is 0 Å². The van der Waals surface area contributed by atoms with E-state index in [2.05, 4.69) is 10.6 Å². The molecule has 1 rings (SSSR count). The first kappa shape index (κ1) is 14.3. The van der Waals surface area contributed by atoms with Gasteiger partial charge in [0.25, 0.3) is 0 Å². The van der Waals surface area contributed by atoms with Crippen molar-refractivity contribution in [3.8, 4) is 0 Å². The fourth-order valence-electron chi connectivity index (χ4n) is 1.95. The van der Waals surface area contributed by atoms with Crippen LogP contribution < -0.4 is 10.6 Å². The molecule has 0 aromatic rings. The Morgan fingerprint density at radius 1 is 1.35 bits per heavy atom. The smallest absolute Gasteiger partial charge is 0.408 e. The van der Waals surface area contributed by atoms with Crippen molar-refractivity contribution < 1.29 is 14.3 Å². The van der Waals surface area contributed by atoms with Crippen LogP contribution in [-0.2, 0) is 9.47 Å². The Morgan fingerprint density at radius 3 is 2.41 bits per heavy atom. The highest BCUT2D eigenvalue weighted by atomic mass is 16.6. The van der Waals surface area contributed by atoms with Crippen molar-refractivity contribution in [2.24, 2.45) is 0 Å². The van der Waals surface area contributed by atoms with Crippen LogP contribution in [0.5, 0.6) is 0 Å². The van der Waals surface area contributed by atoms with Crippen molar-refractivity contribution in [2.45, 2.75) is 44.8 Å². The second kappa shape index (κ2) is 5.69. The summed E-state index contributed by atoms with van der Waals surface area (Å²) in [6, 6.07) is 0.